The fourth-order valence-corrected chi connectivity index (χ4v) is 1.80. The second kappa shape index (κ2) is 9.80. The van der Waals surface area contributed by atoms with Crippen molar-refractivity contribution in [2.24, 2.45) is 11.5 Å². The van der Waals surface area contributed by atoms with Crippen molar-refractivity contribution in [3.8, 4) is 11.8 Å². The molecule has 0 spiro atoms. The highest BCUT2D eigenvalue weighted by Gasteiger charge is 2.13. The van der Waals surface area contributed by atoms with E-state index >= 15 is 0 Å². The first-order chi connectivity index (χ1) is 12.7. The minimum Gasteiger partial charge on any atom is -0.478 e. The Kier molecular flexibility index (Phi) is 7.49. The van der Waals surface area contributed by atoms with Crippen molar-refractivity contribution in [1.82, 2.24) is 4.57 Å². The van der Waals surface area contributed by atoms with Gasteiger partial charge in [0, 0.05) is 24.0 Å². The van der Waals surface area contributed by atoms with Crippen LogP contribution in [0.15, 0.2) is 54.7 Å². The Hall–Kier alpha value is -4.39. The number of hydrogen-bond donors (Lipinski definition) is 4. The minimum atomic E-state index is -1.33. The van der Waals surface area contributed by atoms with Gasteiger partial charge in [-0.05, 0) is 30.3 Å². The molecule has 0 atom stereocenters. The standard InChI is InChI=1S/C16H10N2O5.CH5N3/c17-10-13-5-2-8-18(13)12-4-1-3-11(9-12)16(22)23-15(21)7-6-14(19)20;2-1(3)4/h1-9H,(H,19,20);(H5,2,3,4)/b7-6+;. The van der Waals surface area contributed by atoms with Crippen LogP contribution in [0, 0.1) is 16.7 Å². The number of carbonyl (C=O) groups is 3. The van der Waals surface area contributed by atoms with E-state index < -0.39 is 17.9 Å². The van der Waals surface area contributed by atoms with E-state index in [0.717, 1.165) is 0 Å². The molecule has 0 unspecified atom stereocenters. The lowest BCUT2D eigenvalue weighted by molar-refractivity contribution is -0.134. The summed E-state index contributed by atoms with van der Waals surface area (Å²) >= 11 is 0. The van der Waals surface area contributed by atoms with Gasteiger partial charge in [0.1, 0.15) is 11.8 Å². The summed E-state index contributed by atoms with van der Waals surface area (Å²) in [4.78, 5) is 33.5. The zero-order chi connectivity index (χ0) is 20.4. The molecule has 10 heteroatoms. The molecule has 1 aromatic heterocycles. The quantitative estimate of drug-likeness (QED) is 0.197. The number of hydrogen-bond acceptors (Lipinski definition) is 6. The van der Waals surface area contributed by atoms with Crippen LogP contribution in [0.25, 0.3) is 5.69 Å². The van der Waals surface area contributed by atoms with Gasteiger partial charge in [-0.1, -0.05) is 6.07 Å². The zero-order valence-electron chi connectivity index (χ0n) is 13.8. The van der Waals surface area contributed by atoms with E-state index in [4.69, 9.17) is 15.8 Å². The van der Waals surface area contributed by atoms with Crippen LogP contribution < -0.4 is 11.5 Å². The first kappa shape index (κ1) is 20.7. The summed E-state index contributed by atoms with van der Waals surface area (Å²) in [7, 11) is 0. The molecule has 0 fully saturated rings. The SMILES string of the molecule is N#Cc1cccn1-c1cccc(C(=O)OC(=O)/C=C/C(=O)O)c1.N=C(N)N. The molecule has 10 nitrogen and oxygen atoms in total. The van der Waals surface area contributed by atoms with Crippen molar-refractivity contribution in [2.75, 3.05) is 0 Å². The molecular formula is C17H15N5O5. The molecule has 0 saturated heterocycles. The van der Waals surface area contributed by atoms with E-state index in [-0.39, 0.29) is 11.5 Å². The highest BCUT2D eigenvalue weighted by atomic mass is 16.6. The Morgan fingerprint density at radius 2 is 1.85 bits per heavy atom. The first-order valence-electron chi connectivity index (χ1n) is 7.19. The number of ether oxygens (including phenoxy) is 1. The van der Waals surface area contributed by atoms with E-state index in [9.17, 15) is 14.4 Å². The number of aromatic nitrogens is 1. The van der Waals surface area contributed by atoms with E-state index in [2.05, 4.69) is 16.2 Å². The average Bonchev–Trinajstić information content (AvgIpc) is 3.08. The zero-order valence-corrected chi connectivity index (χ0v) is 13.8. The molecule has 1 heterocycles. The molecule has 6 N–H and O–H groups in total. The van der Waals surface area contributed by atoms with Gasteiger partial charge in [0.15, 0.2) is 5.96 Å². The van der Waals surface area contributed by atoms with Crippen LogP contribution in [0.5, 0.6) is 0 Å². The number of carboxylic acid groups (broad SMARTS) is 1. The lowest BCUT2D eigenvalue weighted by atomic mass is 10.2. The molecule has 0 radical (unpaired) electrons. The van der Waals surface area contributed by atoms with Crippen LogP contribution in [-0.4, -0.2) is 33.5 Å². The third kappa shape index (κ3) is 6.94. The number of aliphatic carboxylic acids is 1. The van der Waals surface area contributed by atoms with E-state index in [0.29, 0.717) is 23.5 Å². The highest BCUT2D eigenvalue weighted by Crippen LogP contribution is 2.15. The fraction of sp³-hybridized carbons (Fsp3) is 0. The summed E-state index contributed by atoms with van der Waals surface area (Å²) in [5.41, 5.74) is 9.97. The number of nitriles is 1. The molecule has 0 aliphatic heterocycles. The van der Waals surface area contributed by atoms with Gasteiger partial charge in [-0.25, -0.2) is 14.4 Å². The minimum absolute atomic E-state index is 0.0946. The van der Waals surface area contributed by atoms with Crippen molar-refractivity contribution in [3.63, 3.8) is 0 Å². The molecule has 0 amide bonds. The van der Waals surface area contributed by atoms with Crippen LogP contribution >= 0.6 is 0 Å². The fourth-order valence-electron chi connectivity index (χ4n) is 1.80. The number of carbonyl (C=O) groups excluding carboxylic acids is 2. The molecule has 0 saturated carbocycles. The highest BCUT2D eigenvalue weighted by molar-refractivity contribution is 6.01. The Morgan fingerprint density at radius 3 is 2.44 bits per heavy atom. The van der Waals surface area contributed by atoms with Gasteiger partial charge in [-0.3, -0.25) is 5.41 Å². The normalized spacial score (nSPS) is 9.59. The van der Waals surface area contributed by atoms with E-state index in [1.807, 2.05) is 6.07 Å². The van der Waals surface area contributed by atoms with Crippen molar-refractivity contribution in [3.05, 3.63) is 66.0 Å². The van der Waals surface area contributed by atoms with Gasteiger partial charge in [0.2, 0.25) is 0 Å². The lowest BCUT2D eigenvalue weighted by Gasteiger charge is -2.06. The Bertz CT molecular complexity index is 935. The third-order valence-electron chi connectivity index (χ3n) is 2.78. The van der Waals surface area contributed by atoms with Crippen LogP contribution in [0.1, 0.15) is 16.1 Å². The topological polar surface area (TPSA) is 185 Å². The molecule has 0 aliphatic rings. The summed E-state index contributed by atoms with van der Waals surface area (Å²) in [6.45, 7) is 0. The summed E-state index contributed by atoms with van der Waals surface area (Å²) < 4.78 is 6.09. The summed E-state index contributed by atoms with van der Waals surface area (Å²) in [5, 5.41) is 23.5. The monoisotopic (exact) mass is 369 g/mol. The molecule has 2 rings (SSSR count). The number of guanidine groups is 1. The Labute approximate surface area is 153 Å². The molecular weight excluding hydrogens is 354 g/mol. The van der Waals surface area contributed by atoms with Crippen molar-refractivity contribution in [2.45, 2.75) is 0 Å². The maximum Gasteiger partial charge on any atom is 0.346 e. The predicted molar refractivity (Wildman–Crippen MR) is 93.8 cm³/mol. The largest absolute Gasteiger partial charge is 0.478 e. The maximum absolute atomic E-state index is 11.9. The van der Waals surface area contributed by atoms with Gasteiger partial charge in [-0.2, -0.15) is 5.26 Å². The number of benzene rings is 1. The van der Waals surface area contributed by atoms with Crippen molar-refractivity contribution >= 4 is 23.9 Å². The second-order valence-corrected chi connectivity index (χ2v) is 4.76. The first-order valence-corrected chi connectivity index (χ1v) is 7.19. The third-order valence-corrected chi connectivity index (χ3v) is 2.78. The Balaban J connectivity index is 0.000000828. The van der Waals surface area contributed by atoms with Crippen molar-refractivity contribution in [1.29, 1.82) is 10.7 Å². The summed E-state index contributed by atoms with van der Waals surface area (Å²) in [6, 6.07) is 11.5. The van der Waals surface area contributed by atoms with Gasteiger partial charge in [-0.15, -0.1) is 0 Å². The predicted octanol–water partition coefficient (Wildman–Crippen LogP) is 0.512. The van der Waals surface area contributed by atoms with Gasteiger partial charge < -0.3 is 25.9 Å². The molecule has 2 aromatic rings. The van der Waals surface area contributed by atoms with Gasteiger partial charge >= 0.3 is 17.9 Å². The number of nitrogens with zero attached hydrogens (tertiary/aromatic N) is 2. The molecule has 138 valence electrons. The van der Waals surface area contributed by atoms with E-state index in [1.54, 1.807) is 35.0 Å². The maximum atomic E-state index is 11.9. The second-order valence-electron chi connectivity index (χ2n) is 4.76. The molecule has 1 aromatic carbocycles. The Morgan fingerprint density at radius 1 is 1.19 bits per heavy atom. The smallest absolute Gasteiger partial charge is 0.346 e. The van der Waals surface area contributed by atoms with Crippen LogP contribution in [0.4, 0.5) is 0 Å². The number of rotatable bonds is 4. The molecule has 0 aliphatic carbocycles. The number of nitrogens with two attached hydrogens (primary N) is 2. The number of carboxylic acids is 1. The summed E-state index contributed by atoms with van der Waals surface area (Å²) in [5.74, 6) is -3.66. The van der Waals surface area contributed by atoms with Gasteiger partial charge in [0.25, 0.3) is 0 Å². The van der Waals surface area contributed by atoms with Crippen LogP contribution in [0.3, 0.4) is 0 Å². The molecule has 0 bridgehead atoms. The average molecular weight is 369 g/mol. The van der Waals surface area contributed by atoms with Crippen molar-refractivity contribution < 1.29 is 24.2 Å². The molecule has 27 heavy (non-hydrogen) atoms. The van der Waals surface area contributed by atoms with Crippen LogP contribution in [-0.2, 0) is 14.3 Å². The number of esters is 2. The number of nitrogens with one attached hydrogen (secondary N) is 1. The van der Waals surface area contributed by atoms with Crippen LogP contribution in [0.2, 0.25) is 0 Å². The van der Waals surface area contributed by atoms with Gasteiger partial charge in [0.05, 0.1) is 5.56 Å². The lowest BCUT2D eigenvalue weighted by Crippen LogP contribution is -2.20. The van der Waals surface area contributed by atoms with E-state index in [1.165, 1.54) is 12.1 Å². The summed E-state index contributed by atoms with van der Waals surface area (Å²) in [6.07, 6.45) is 2.87.